The molecule has 0 aromatic heterocycles. The van der Waals surface area contributed by atoms with Gasteiger partial charge in [-0.3, -0.25) is 4.79 Å². The van der Waals surface area contributed by atoms with E-state index in [1.165, 1.54) is 38.5 Å². The summed E-state index contributed by atoms with van der Waals surface area (Å²) >= 11 is 0. The maximum Gasteiger partial charge on any atom is 0.224 e. The van der Waals surface area contributed by atoms with Gasteiger partial charge >= 0.3 is 0 Å². The van der Waals surface area contributed by atoms with Gasteiger partial charge in [-0.1, -0.05) is 25.3 Å². The van der Waals surface area contributed by atoms with Crippen LogP contribution in [-0.2, 0) is 4.79 Å². The van der Waals surface area contributed by atoms with Gasteiger partial charge in [-0.05, 0) is 38.1 Å². The van der Waals surface area contributed by atoms with E-state index in [9.17, 15) is 4.79 Å². The molecule has 1 saturated heterocycles. The molecule has 1 aliphatic carbocycles. The predicted molar refractivity (Wildman–Crippen MR) is 86.2 cm³/mol. The second kappa shape index (κ2) is 9.41. The van der Waals surface area contributed by atoms with Gasteiger partial charge in [-0.25, -0.2) is 0 Å². The molecule has 1 heterocycles. The number of carbonyl (C=O) groups excluding carboxylic acids is 1. The summed E-state index contributed by atoms with van der Waals surface area (Å²) in [5, 5.41) is 3.41. The van der Waals surface area contributed by atoms with Crippen LogP contribution < -0.4 is 5.32 Å². The highest BCUT2D eigenvalue weighted by Gasteiger charge is 2.23. The maximum atomic E-state index is 12.4. The van der Waals surface area contributed by atoms with Crippen LogP contribution in [0.4, 0.5) is 0 Å². The molecule has 1 saturated carbocycles. The number of nitrogens with one attached hydrogen (secondary N) is 1. The molecule has 0 spiro atoms. The van der Waals surface area contributed by atoms with Crippen molar-refractivity contribution < 1.29 is 4.79 Å². The molecule has 0 aromatic carbocycles. The topological polar surface area (TPSA) is 32.3 Å². The Labute approximate surface area is 129 Å². The zero-order valence-electron chi connectivity index (χ0n) is 12.5. The van der Waals surface area contributed by atoms with Gasteiger partial charge in [0.25, 0.3) is 0 Å². The van der Waals surface area contributed by atoms with Gasteiger partial charge in [0.2, 0.25) is 5.91 Å². The first-order chi connectivity index (χ1) is 9.29. The van der Waals surface area contributed by atoms with E-state index in [0.717, 1.165) is 19.5 Å². The van der Waals surface area contributed by atoms with Gasteiger partial charge in [0.05, 0.1) is 0 Å². The summed E-state index contributed by atoms with van der Waals surface area (Å²) in [4.78, 5) is 14.4. The number of amides is 1. The number of hydrogen-bond acceptors (Lipinski definition) is 2. The molecule has 1 N–H and O–H groups in total. The minimum absolute atomic E-state index is 0. The highest BCUT2D eigenvalue weighted by Crippen LogP contribution is 2.24. The number of hydrogen-bond donors (Lipinski definition) is 1. The van der Waals surface area contributed by atoms with Crippen LogP contribution in [0, 0.1) is 5.92 Å². The van der Waals surface area contributed by atoms with E-state index in [1.54, 1.807) is 0 Å². The third-order valence-electron chi connectivity index (χ3n) is 4.49. The van der Waals surface area contributed by atoms with Crippen LogP contribution in [0.5, 0.6) is 0 Å². The fraction of sp³-hybridized carbons (Fsp3) is 0.812. The minimum atomic E-state index is 0. The zero-order valence-corrected chi connectivity index (χ0v) is 13.3. The molecule has 1 aliphatic heterocycles. The van der Waals surface area contributed by atoms with Crippen molar-refractivity contribution >= 4 is 18.3 Å². The number of halogens is 1. The van der Waals surface area contributed by atoms with Crippen molar-refractivity contribution in [3.05, 3.63) is 12.7 Å². The van der Waals surface area contributed by atoms with E-state index in [-0.39, 0.29) is 12.4 Å². The lowest BCUT2D eigenvalue weighted by Crippen LogP contribution is -2.39. The van der Waals surface area contributed by atoms with Crippen molar-refractivity contribution in [2.24, 2.45) is 5.92 Å². The second-order valence-electron chi connectivity index (χ2n) is 6.09. The van der Waals surface area contributed by atoms with Crippen LogP contribution in [0.1, 0.15) is 51.4 Å². The summed E-state index contributed by atoms with van der Waals surface area (Å²) in [5.74, 6) is 1.03. The fourth-order valence-corrected chi connectivity index (χ4v) is 3.39. The van der Waals surface area contributed by atoms with Crippen molar-refractivity contribution in [3.63, 3.8) is 0 Å². The molecule has 0 bridgehead atoms. The van der Waals surface area contributed by atoms with Crippen molar-refractivity contribution in [2.45, 2.75) is 57.4 Å². The summed E-state index contributed by atoms with van der Waals surface area (Å²) < 4.78 is 0. The first-order valence-electron chi connectivity index (χ1n) is 7.91. The zero-order chi connectivity index (χ0) is 13.5. The van der Waals surface area contributed by atoms with Gasteiger partial charge in [0.15, 0.2) is 0 Å². The summed E-state index contributed by atoms with van der Waals surface area (Å²) in [6.07, 6.45) is 11.5. The number of rotatable bonds is 6. The Bertz CT molecular complexity index is 297. The first-order valence-corrected chi connectivity index (χ1v) is 7.91. The van der Waals surface area contributed by atoms with E-state index < -0.39 is 0 Å². The summed E-state index contributed by atoms with van der Waals surface area (Å²) in [6.45, 7) is 6.52. The molecule has 4 heteroatoms. The molecular weight excluding hydrogens is 272 g/mol. The molecule has 2 aliphatic rings. The predicted octanol–water partition coefficient (Wildman–Crippen LogP) is 3.15. The molecule has 2 rings (SSSR count). The van der Waals surface area contributed by atoms with Crippen molar-refractivity contribution in [3.8, 4) is 0 Å². The van der Waals surface area contributed by atoms with E-state index >= 15 is 0 Å². The minimum Gasteiger partial charge on any atom is -0.339 e. The van der Waals surface area contributed by atoms with Gasteiger partial charge in [-0.2, -0.15) is 0 Å². The monoisotopic (exact) mass is 300 g/mol. The Kier molecular flexibility index (Phi) is 8.24. The molecule has 1 atom stereocenters. The molecule has 2 fully saturated rings. The molecule has 0 aromatic rings. The molecule has 3 nitrogen and oxygen atoms in total. The van der Waals surface area contributed by atoms with Crippen LogP contribution in [-0.4, -0.2) is 36.5 Å². The van der Waals surface area contributed by atoms with Gasteiger partial charge < -0.3 is 10.2 Å². The van der Waals surface area contributed by atoms with Crippen molar-refractivity contribution in [2.75, 3.05) is 19.6 Å². The normalized spacial score (nSPS) is 23.1. The number of carbonyl (C=O) groups is 1. The Hall–Kier alpha value is -0.540. The molecule has 0 radical (unpaired) electrons. The van der Waals surface area contributed by atoms with Crippen LogP contribution in [0.15, 0.2) is 12.7 Å². The van der Waals surface area contributed by atoms with Gasteiger partial charge in [0.1, 0.15) is 0 Å². The smallest absolute Gasteiger partial charge is 0.224 e. The Morgan fingerprint density at radius 1 is 1.20 bits per heavy atom. The van der Waals surface area contributed by atoms with Crippen molar-refractivity contribution in [1.29, 1.82) is 0 Å². The maximum absolute atomic E-state index is 12.4. The average Bonchev–Trinajstić information content (AvgIpc) is 2.92. The Balaban J connectivity index is 0.00000200. The highest BCUT2D eigenvalue weighted by atomic mass is 35.5. The van der Waals surface area contributed by atoms with Crippen LogP contribution in [0.3, 0.4) is 0 Å². The first kappa shape index (κ1) is 17.5. The molecule has 116 valence electrons. The third-order valence-corrected chi connectivity index (χ3v) is 4.49. The van der Waals surface area contributed by atoms with E-state index in [2.05, 4.69) is 11.9 Å². The summed E-state index contributed by atoms with van der Waals surface area (Å²) in [5.41, 5.74) is 0. The van der Waals surface area contributed by atoms with Gasteiger partial charge in [-0.15, -0.1) is 19.0 Å². The van der Waals surface area contributed by atoms with E-state index in [0.29, 0.717) is 30.8 Å². The third kappa shape index (κ3) is 5.45. The lowest BCUT2D eigenvalue weighted by atomic mass is 9.89. The quantitative estimate of drug-likeness (QED) is 0.764. The van der Waals surface area contributed by atoms with Crippen LogP contribution in [0.25, 0.3) is 0 Å². The van der Waals surface area contributed by atoms with E-state index in [1.807, 2.05) is 11.0 Å². The largest absolute Gasteiger partial charge is 0.339 e. The summed E-state index contributed by atoms with van der Waals surface area (Å²) in [6, 6.07) is 0.408. The SMILES string of the molecule is C=CCN(CC1CCCCC1)C(=O)CC1CCCN1.Cl. The Morgan fingerprint density at radius 3 is 2.55 bits per heavy atom. The number of nitrogens with zero attached hydrogens (tertiary/aromatic N) is 1. The van der Waals surface area contributed by atoms with E-state index in [4.69, 9.17) is 0 Å². The average molecular weight is 301 g/mol. The van der Waals surface area contributed by atoms with Crippen molar-refractivity contribution in [1.82, 2.24) is 10.2 Å². The van der Waals surface area contributed by atoms with Crippen LogP contribution >= 0.6 is 12.4 Å². The van der Waals surface area contributed by atoms with Crippen LogP contribution in [0.2, 0.25) is 0 Å². The summed E-state index contributed by atoms with van der Waals surface area (Å²) in [7, 11) is 0. The molecule has 20 heavy (non-hydrogen) atoms. The second-order valence-corrected chi connectivity index (χ2v) is 6.09. The standard InChI is InChI=1S/C16H28N2O.ClH/c1-2-11-18(13-14-7-4-3-5-8-14)16(19)12-15-9-6-10-17-15;/h2,14-15,17H,1,3-13H2;1H. The van der Waals surface area contributed by atoms with Gasteiger partial charge in [0, 0.05) is 25.6 Å². The Morgan fingerprint density at radius 2 is 1.95 bits per heavy atom. The molecule has 1 amide bonds. The fourth-order valence-electron chi connectivity index (χ4n) is 3.39. The molecule has 1 unspecified atom stereocenters. The lowest BCUT2D eigenvalue weighted by molar-refractivity contribution is -0.131. The lowest BCUT2D eigenvalue weighted by Gasteiger charge is -2.30. The molecular formula is C16H29ClN2O. The highest BCUT2D eigenvalue weighted by molar-refractivity contribution is 5.85.